The predicted octanol–water partition coefficient (Wildman–Crippen LogP) is 2.20. The highest BCUT2D eigenvalue weighted by molar-refractivity contribution is 5.94. The molecule has 2 aromatic rings. The third-order valence-electron chi connectivity index (χ3n) is 3.68. The molecule has 2 aromatic carbocycles. The lowest BCUT2D eigenvalue weighted by Gasteiger charge is -2.25. The van der Waals surface area contributed by atoms with Crippen molar-refractivity contribution >= 4 is 11.7 Å². The fourth-order valence-electron chi connectivity index (χ4n) is 2.33. The number of amides is 1. The van der Waals surface area contributed by atoms with E-state index in [9.17, 15) is 9.59 Å². The second kappa shape index (κ2) is 7.54. The molecule has 1 aliphatic heterocycles. The first-order valence-electron chi connectivity index (χ1n) is 7.89. The zero-order chi connectivity index (χ0) is 17.6. The SMILES string of the molecule is CC(=O)c1ccc(C#CCNC(=O)C2COc3ccccc3O2)cc1. The Morgan fingerprint density at radius 3 is 2.56 bits per heavy atom. The van der Waals surface area contributed by atoms with Gasteiger partial charge in [-0.25, -0.2) is 0 Å². The molecule has 1 aliphatic rings. The van der Waals surface area contributed by atoms with Crippen LogP contribution >= 0.6 is 0 Å². The van der Waals surface area contributed by atoms with Gasteiger partial charge in [0.1, 0.15) is 6.61 Å². The maximum Gasteiger partial charge on any atom is 0.265 e. The highest BCUT2D eigenvalue weighted by atomic mass is 16.6. The van der Waals surface area contributed by atoms with Gasteiger partial charge in [-0.3, -0.25) is 9.59 Å². The van der Waals surface area contributed by atoms with E-state index >= 15 is 0 Å². The average molecular weight is 335 g/mol. The maximum atomic E-state index is 12.1. The van der Waals surface area contributed by atoms with Crippen LogP contribution in [-0.4, -0.2) is 30.9 Å². The van der Waals surface area contributed by atoms with Gasteiger partial charge in [-0.05, 0) is 31.2 Å². The highest BCUT2D eigenvalue weighted by Crippen LogP contribution is 2.30. The van der Waals surface area contributed by atoms with Crippen molar-refractivity contribution in [2.75, 3.05) is 13.2 Å². The summed E-state index contributed by atoms with van der Waals surface area (Å²) in [4.78, 5) is 23.3. The van der Waals surface area contributed by atoms with E-state index in [2.05, 4.69) is 17.2 Å². The van der Waals surface area contributed by atoms with Crippen molar-refractivity contribution < 1.29 is 19.1 Å². The summed E-state index contributed by atoms with van der Waals surface area (Å²) >= 11 is 0. The van der Waals surface area contributed by atoms with Crippen LogP contribution in [0.15, 0.2) is 48.5 Å². The summed E-state index contributed by atoms with van der Waals surface area (Å²) in [5.74, 6) is 6.76. The predicted molar refractivity (Wildman–Crippen MR) is 92.7 cm³/mol. The maximum absolute atomic E-state index is 12.1. The molecule has 1 N–H and O–H groups in total. The van der Waals surface area contributed by atoms with Crippen LogP contribution in [0.5, 0.6) is 11.5 Å². The first-order chi connectivity index (χ1) is 12.1. The van der Waals surface area contributed by atoms with E-state index in [0.29, 0.717) is 17.1 Å². The van der Waals surface area contributed by atoms with Crippen LogP contribution in [0, 0.1) is 11.8 Å². The van der Waals surface area contributed by atoms with Crippen molar-refractivity contribution in [2.45, 2.75) is 13.0 Å². The van der Waals surface area contributed by atoms with Crippen molar-refractivity contribution in [3.63, 3.8) is 0 Å². The zero-order valence-corrected chi connectivity index (χ0v) is 13.7. The Labute approximate surface area is 146 Å². The molecule has 126 valence electrons. The monoisotopic (exact) mass is 335 g/mol. The molecule has 0 bridgehead atoms. The van der Waals surface area contributed by atoms with E-state index in [0.717, 1.165) is 5.56 Å². The number of carbonyl (C=O) groups is 2. The van der Waals surface area contributed by atoms with E-state index in [1.807, 2.05) is 12.1 Å². The minimum atomic E-state index is -0.688. The van der Waals surface area contributed by atoms with Gasteiger partial charge in [0.05, 0.1) is 6.54 Å². The van der Waals surface area contributed by atoms with Gasteiger partial charge >= 0.3 is 0 Å². The second-order valence-electron chi connectivity index (χ2n) is 5.52. The van der Waals surface area contributed by atoms with Gasteiger partial charge in [0.15, 0.2) is 17.3 Å². The number of benzene rings is 2. The van der Waals surface area contributed by atoms with Crippen molar-refractivity contribution in [1.29, 1.82) is 0 Å². The molecule has 1 unspecified atom stereocenters. The largest absolute Gasteiger partial charge is 0.485 e. The van der Waals surface area contributed by atoms with Crippen LogP contribution in [0.1, 0.15) is 22.8 Å². The smallest absolute Gasteiger partial charge is 0.265 e. The minimum absolute atomic E-state index is 0.0167. The van der Waals surface area contributed by atoms with E-state index in [4.69, 9.17) is 9.47 Å². The molecule has 0 aliphatic carbocycles. The van der Waals surface area contributed by atoms with Crippen LogP contribution < -0.4 is 14.8 Å². The van der Waals surface area contributed by atoms with Gasteiger partial charge < -0.3 is 14.8 Å². The number of Topliss-reactive ketones (excluding diaryl/α,β-unsaturated/α-hetero) is 1. The number of hydrogen-bond donors (Lipinski definition) is 1. The molecule has 1 atom stereocenters. The molecular formula is C20H17NO4. The van der Waals surface area contributed by atoms with Gasteiger partial charge in [0.2, 0.25) is 6.10 Å². The molecule has 25 heavy (non-hydrogen) atoms. The number of ketones is 1. The van der Waals surface area contributed by atoms with Gasteiger partial charge in [0.25, 0.3) is 5.91 Å². The zero-order valence-electron chi connectivity index (χ0n) is 13.7. The Balaban J connectivity index is 1.51. The lowest BCUT2D eigenvalue weighted by Crippen LogP contribution is -2.44. The molecule has 3 rings (SSSR count). The number of para-hydroxylation sites is 2. The Kier molecular flexibility index (Phi) is 5.00. The molecule has 1 amide bonds. The first-order valence-corrected chi connectivity index (χ1v) is 7.89. The fourth-order valence-corrected chi connectivity index (χ4v) is 2.33. The van der Waals surface area contributed by atoms with Crippen LogP contribution in [0.4, 0.5) is 0 Å². The van der Waals surface area contributed by atoms with E-state index in [-0.39, 0.29) is 24.8 Å². The third kappa shape index (κ3) is 4.18. The van der Waals surface area contributed by atoms with E-state index in [1.165, 1.54) is 6.92 Å². The summed E-state index contributed by atoms with van der Waals surface area (Å²) in [6, 6.07) is 14.3. The normalized spacial score (nSPS) is 14.8. The van der Waals surface area contributed by atoms with Crippen LogP contribution in [-0.2, 0) is 4.79 Å². The lowest BCUT2D eigenvalue weighted by molar-refractivity contribution is -0.130. The topological polar surface area (TPSA) is 64.6 Å². The van der Waals surface area contributed by atoms with Gasteiger partial charge in [-0.15, -0.1) is 0 Å². The summed E-state index contributed by atoms with van der Waals surface area (Å²) in [5, 5.41) is 2.71. The summed E-state index contributed by atoms with van der Waals surface area (Å²) in [6.07, 6.45) is -0.688. The van der Waals surface area contributed by atoms with Gasteiger partial charge in [-0.2, -0.15) is 0 Å². The lowest BCUT2D eigenvalue weighted by atomic mass is 10.1. The molecule has 0 saturated carbocycles. The Morgan fingerprint density at radius 2 is 1.84 bits per heavy atom. The summed E-state index contributed by atoms with van der Waals surface area (Å²) < 4.78 is 11.1. The van der Waals surface area contributed by atoms with Crippen LogP contribution in [0.3, 0.4) is 0 Å². The number of fused-ring (bicyclic) bond motifs is 1. The molecule has 5 nitrogen and oxygen atoms in total. The van der Waals surface area contributed by atoms with E-state index in [1.54, 1.807) is 36.4 Å². The summed E-state index contributed by atoms with van der Waals surface area (Å²) in [5.41, 5.74) is 1.43. The quantitative estimate of drug-likeness (QED) is 0.690. The Hall–Kier alpha value is -3.26. The van der Waals surface area contributed by atoms with Crippen molar-refractivity contribution in [1.82, 2.24) is 5.32 Å². The Morgan fingerprint density at radius 1 is 1.12 bits per heavy atom. The molecule has 5 heteroatoms. The van der Waals surface area contributed by atoms with Crippen LogP contribution in [0.2, 0.25) is 0 Å². The minimum Gasteiger partial charge on any atom is -0.485 e. The third-order valence-corrected chi connectivity index (χ3v) is 3.68. The standard InChI is InChI=1S/C20H17NO4/c1-14(22)16-10-8-15(9-11-16)5-4-12-21-20(23)19-13-24-17-6-2-3-7-18(17)25-19/h2-3,6-11,19H,12-13H2,1H3,(H,21,23). The first kappa shape index (κ1) is 16.6. The molecule has 1 heterocycles. The second-order valence-corrected chi connectivity index (χ2v) is 5.52. The van der Waals surface area contributed by atoms with Gasteiger partial charge in [-0.1, -0.05) is 36.1 Å². The highest BCUT2D eigenvalue weighted by Gasteiger charge is 2.26. The molecule has 0 aromatic heterocycles. The molecular weight excluding hydrogens is 318 g/mol. The van der Waals surface area contributed by atoms with Gasteiger partial charge in [0, 0.05) is 11.1 Å². The summed E-state index contributed by atoms with van der Waals surface area (Å²) in [6.45, 7) is 1.89. The number of hydrogen-bond acceptors (Lipinski definition) is 4. The Bertz CT molecular complexity index is 846. The molecule has 0 spiro atoms. The molecule has 0 fully saturated rings. The van der Waals surface area contributed by atoms with Crippen molar-refractivity contribution in [2.24, 2.45) is 0 Å². The van der Waals surface area contributed by atoms with E-state index < -0.39 is 6.10 Å². The van der Waals surface area contributed by atoms with Crippen LogP contribution in [0.25, 0.3) is 0 Å². The number of rotatable bonds is 3. The number of ether oxygens (including phenoxy) is 2. The molecule has 0 saturated heterocycles. The average Bonchev–Trinajstić information content (AvgIpc) is 2.65. The number of carbonyl (C=O) groups excluding carboxylic acids is 2. The summed E-state index contributed by atoms with van der Waals surface area (Å²) in [7, 11) is 0. The fraction of sp³-hybridized carbons (Fsp3) is 0.200. The molecule has 0 radical (unpaired) electrons. The van der Waals surface area contributed by atoms with Crippen molar-refractivity contribution in [3.05, 3.63) is 59.7 Å². The van der Waals surface area contributed by atoms with Crippen molar-refractivity contribution in [3.8, 4) is 23.3 Å². The number of nitrogens with one attached hydrogen (secondary N) is 1.